The maximum atomic E-state index is 12.2. The summed E-state index contributed by atoms with van der Waals surface area (Å²) in [5, 5.41) is 19.8. The second kappa shape index (κ2) is 7.06. The van der Waals surface area contributed by atoms with Crippen LogP contribution in [0.3, 0.4) is 0 Å². The number of benzene rings is 1. The minimum atomic E-state index is -0.370. The molecule has 0 bridgehead atoms. The molecule has 24 heavy (non-hydrogen) atoms. The molecule has 0 amide bonds. The summed E-state index contributed by atoms with van der Waals surface area (Å²) in [7, 11) is 0. The highest BCUT2D eigenvalue weighted by atomic mass is 16.5. The van der Waals surface area contributed by atoms with E-state index in [1.54, 1.807) is 12.1 Å². The summed E-state index contributed by atoms with van der Waals surface area (Å²) in [6.07, 6.45) is 2.17. The fourth-order valence-electron chi connectivity index (χ4n) is 2.66. The van der Waals surface area contributed by atoms with Crippen molar-refractivity contribution in [3.63, 3.8) is 0 Å². The highest BCUT2D eigenvalue weighted by Crippen LogP contribution is 2.16. The Balaban J connectivity index is 1.94. The molecule has 1 aliphatic heterocycles. The van der Waals surface area contributed by atoms with Crippen molar-refractivity contribution in [3.05, 3.63) is 57.1 Å². The lowest BCUT2D eigenvalue weighted by Gasteiger charge is -2.14. The Morgan fingerprint density at radius 2 is 2.33 bits per heavy atom. The van der Waals surface area contributed by atoms with Crippen molar-refractivity contribution >= 4 is 12.0 Å². The molecule has 1 aromatic heterocycles. The van der Waals surface area contributed by atoms with Crippen LogP contribution < -0.4 is 10.9 Å². The smallest absolute Gasteiger partial charge is 0.261 e. The second-order valence-corrected chi connectivity index (χ2v) is 5.57. The van der Waals surface area contributed by atoms with Crippen LogP contribution in [0.5, 0.6) is 0 Å². The Hall–Kier alpha value is -2.98. The number of nitriles is 1. The third-order valence-electron chi connectivity index (χ3n) is 3.91. The number of hydrogen-bond donors (Lipinski definition) is 3. The molecule has 0 saturated carbocycles. The molecule has 1 fully saturated rings. The Kier molecular flexibility index (Phi) is 4.68. The quantitative estimate of drug-likeness (QED) is 0.720. The van der Waals surface area contributed by atoms with E-state index in [2.05, 4.69) is 21.4 Å². The first-order valence-corrected chi connectivity index (χ1v) is 7.67. The predicted octanol–water partition coefficient (Wildman–Crippen LogP) is 1.43. The first-order valence-electron chi connectivity index (χ1n) is 7.67. The number of nitrogens with one attached hydrogen (secondary N) is 3. The number of aromatic nitrogens is 2. The summed E-state index contributed by atoms with van der Waals surface area (Å²) in [5.74, 6) is 0.836. The number of aromatic amines is 1. The zero-order valence-corrected chi connectivity index (χ0v) is 13.0. The molecule has 1 aromatic carbocycles. The highest BCUT2D eigenvalue weighted by Gasteiger charge is 2.19. The third kappa shape index (κ3) is 3.34. The van der Waals surface area contributed by atoms with Crippen molar-refractivity contribution < 1.29 is 4.74 Å². The van der Waals surface area contributed by atoms with Crippen LogP contribution in [0.25, 0.3) is 0 Å². The van der Waals surface area contributed by atoms with E-state index in [-0.39, 0.29) is 17.2 Å². The van der Waals surface area contributed by atoms with E-state index >= 15 is 0 Å². The molecule has 122 valence electrons. The van der Waals surface area contributed by atoms with Crippen molar-refractivity contribution in [1.29, 1.82) is 10.7 Å². The van der Waals surface area contributed by atoms with Gasteiger partial charge in [0.25, 0.3) is 5.56 Å². The first-order chi connectivity index (χ1) is 11.7. The standard InChI is InChI=1S/C17H17N5O2/c18-8-12-4-2-1-3-11(12)7-15-21-16(14(9-19)17(23)22-15)20-13-5-6-24-10-13/h1-4,9,13,19H,5-7,10H2,(H2,20,21,22,23). The van der Waals surface area contributed by atoms with E-state index in [1.807, 2.05) is 12.1 Å². The van der Waals surface area contributed by atoms with Crippen molar-refractivity contribution in [2.75, 3.05) is 18.5 Å². The predicted molar refractivity (Wildman–Crippen MR) is 89.6 cm³/mol. The molecular formula is C17H17N5O2. The minimum absolute atomic E-state index is 0.0808. The van der Waals surface area contributed by atoms with Gasteiger partial charge in [0, 0.05) is 19.2 Å². The van der Waals surface area contributed by atoms with Gasteiger partial charge in [-0.25, -0.2) is 4.98 Å². The Morgan fingerprint density at radius 1 is 1.50 bits per heavy atom. The highest BCUT2D eigenvalue weighted by molar-refractivity contribution is 5.83. The molecule has 7 nitrogen and oxygen atoms in total. The SMILES string of the molecule is N#Cc1ccccc1Cc1nc(NC2CCOC2)c(C=N)c(=O)[nH]1. The zero-order chi connectivity index (χ0) is 16.9. The lowest BCUT2D eigenvalue weighted by atomic mass is 10.1. The molecule has 2 heterocycles. The Labute approximate surface area is 138 Å². The van der Waals surface area contributed by atoms with Gasteiger partial charge in [-0.05, 0) is 18.1 Å². The normalized spacial score (nSPS) is 16.5. The fourth-order valence-corrected chi connectivity index (χ4v) is 2.66. The molecule has 1 atom stereocenters. The molecule has 1 aliphatic rings. The van der Waals surface area contributed by atoms with Gasteiger partial charge in [0.2, 0.25) is 0 Å². The molecular weight excluding hydrogens is 306 g/mol. The minimum Gasteiger partial charge on any atom is -0.379 e. The van der Waals surface area contributed by atoms with Crippen LogP contribution in [0, 0.1) is 16.7 Å². The second-order valence-electron chi connectivity index (χ2n) is 5.57. The van der Waals surface area contributed by atoms with Crippen LogP contribution >= 0.6 is 0 Å². The topological polar surface area (TPSA) is 115 Å². The van der Waals surface area contributed by atoms with Gasteiger partial charge < -0.3 is 20.4 Å². The zero-order valence-electron chi connectivity index (χ0n) is 13.0. The maximum Gasteiger partial charge on any atom is 0.261 e. The number of hydrogen-bond acceptors (Lipinski definition) is 6. The van der Waals surface area contributed by atoms with Crippen molar-refractivity contribution in [1.82, 2.24) is 9.97 Å². The third-order valence-corrected chi connectivity index (χ3v) is 3.91. The van der Waals surface area contributed by atoms with E-state index in [4.69, 9.17) is 10.1 Å². The van der Waals surface area contributed by atoms with Crippen LogP contribution in [-0.2, 0) is 11.2 Å². The summed E-state index contributed by atoms with van der Waals surface area (Å²) in [6.45, 7) is 1.22. The Morgan fingerprint density at radius 3 is 3.04 bits per heavy atom. The molecule has 1 saturated heterocycles. The van der Waals surface area contributed by atoms with E-state index < -0.39 is 0 Å². The van der Waals surface area contributed by atoms with Gasteiger partial charge >= 0.3 is 0 Å². The number of ether oxygens (including phenoxy) is 1. The molecule has 0 spiro atoms. The lowest BCUT2D eigenvalue weighted by Crippen LogP contribution is -2.26. The lowest BCUT2D eigenvalue weighted by molar-refractivity contribution is 0.195. The van der Waals surface area contributed by atoms with Gasteiger partial charge in [-0.2, -0.15) is 5.26 Å². The van der Waals surface area contributed by atoms with Gasteiger partial charge in [-0.15, -0.1) is 0 Å². The van der Waals surface area contributed by atoms with Crippen LogP contribution in [-0.4, -0.2) is 35.4 Å². The van der Waals surface area contributed by atoms with E-state index in [0.29, 0.717) is 36.8 Å². The van der Waals surface area contributed by atoms with Crippen LogP contribution in [0.4, 0.5) is 5.82 Å². The molecule has 1 unspecified atom stereocenters. The number of H-pyrrole nitrogens is 1. The summed E-state index contributed by atoms with van der Waals surface area (Å²) in [4.78, 5) is 19.4. The molecule has 3 rings (SSSR count). The summed E-state index contributed by atoms with van der Waals surface area (Å²) in [5.41, 5.74) is 1.17. The van der Waals surface area contributed by atoms with Crippen molar-refractivity contribution in [2.45, 2.75) is 18.9 Å². The number of rotatable bonds is 5. The van der Waals surface area contributed by atoms with E-state index in [9.17, 15) is 10.1 Å². The molecule has 7 heteroatoms. The summed E-state index contributed by atoms with van der Waals surface area (Å²) >= 11 is 0. The van der Waals surface area contributed by atoms with Crippen LogP contribution in [0.15, 0.2) is 29.1 Å². The Bertz CT molecular complexity index is 847. The van der Waals surface area contributed by atoms with Crippen molar-refractivity contribution in [2.24, 2.45) is 0 Å². The van der Waals surface area contributed by atoms with Crippen LogP contribution in [0.1, 0.15) is 28.9 Å². The molecule has 2 aromatic rings. The van der Waals surface area contributed by atoms with E-state index in [1.165, 1.54) is 0 Å². The van der Waals surface area contributed by atoms with Crippen LogP contribution in [0.2, 0.25) is 0 Å². The van der Waals surface area contributed by atoms with Gasteiger partial charge in [0.15, 0.2) is 0 Å². The average Bonchev–Trinajstić information content (AvgIpc) is 3.08. The maximum absolute atomic E-state index is 12.2. The number of anilines is 1. The van der Waals surface area contributed by atoms with Gasteiger partial charge in [0.05, 0.1) is 29.8 Å². The van der Waals surface area contributed by atoms with Gasteiger partial charge in [-0.1, -0.05) is 18.2 Å². The number of nitrogens with zero attached hydrogens (tertiary/aromatic N) is 2. The van der Waals surface area contributed by atoms with Gasteiger partial charge in [-0.3, -0.25) is 4.79 Å². The molecule has 0 radical (unpaired) electrons. The largest absolute Gasteiger partial charge is 0.379 e. The summed E-state index contributed by atoms with van der Waals surface area (Å²) < 4.78 is 5.32. The van der Waals surface area contributed by atoms with Crippen molar-refractivity contribution in [3.8, 4) is 6.07 Å². The van der Waals surface area contributed by atoms with Gasteiger partial charge in [0.1, 0.15) is 11.6 Å². The fraction of sp³-hybridized carbons (Fsp3) is 0.294. The first kappa shape index (κ1) is 15.9. The monoisotopic (exact) mass is 323 g/mol. The van der Waals surface area contributed by atoms with E-state index in [0.717, 1.165) is 18.2 Å². The molecule has 0 aliphatic carbocycles. The average molecular weight is 323 g/mol. The summed E-state index contributed by atoms with van der Waals surface area (Å²) in [6, 6.07) is 9.42. The molecule has 3 N–H and O–H groups in total.